The number of hydrogen-bond donors (Lipinski definition) is 2. The molecule has 0 aromatic heterocycles. The van der Waals surface area contributed by atoms with Crippen molar-refractivity contribution in [3.63, 3.8) is 0 Å². The van der Waals surface area contributed by atoms with Gasteiger partial charge in [-0.1, -0.05) is 24.6 Å². The summed E-state index contributed by atoms with van der Waals surface area (Å²) in [6.07, 6.45) is 6.61. The largest absolute Gasteiger partial charge is 0.490 e. The first-order valence-electron chi connectivity index (χ1n) is 12.0. The topological polar surface area (TPSA) is 62.8 Å². The monoisotopic (exact) mass is 475 g/mol. The highest BCUT2D eigenvalue weighted by Gasteiger charge is 2.30. The van der Waals surface area contributed by atoms with Gasteiger partial charge in [0.05, 0.1) is 18.9 Å². The van der Waals surface area contributed by atoms with Gasteiger partial charge in [-0.3, -0.25) is 4.79 Å². The van der Waals surface area contributed by atoms with E-state index in [-0.39, 0.29) is 11.8 Å². The molecule has 1 aromatic rings. The lowest BCUT2D eigenvalue weighted by Gasteiger charge is -2.29. The molecule has 0 spiro atoms. The summed E-state index contributed by atoms with van der Waals surface area (Å²) >= 11 is 6.15. The Kier molecular flexibility index (Phi) is 9.51. The summed E-state index contributed by atoms with van der Waals surface area (Å²) in [6.45, 7) is 9.06. The molecule has 3 atom stereocenters. The third kappa shape index (κ3) is 6.90. The second kappa shape index (κ2) is 12.3. The summed E-state index contributed by atoms with van der Waals surface area (Å²) in [5.74, 6) is 2.10. The van der Waals surface area contributed by atoms with Crippen molar-refractivity contribution in [2.24, 2.45) is 17.8 Å². The van der Waals surface area contributed by atoms with Crippen LogP contribution in [-0.2, 0) is 4.79 Å². The second-order valence-corrected chi connectivity index (χ2v) is 9.52. The van der Waals surface area contributed by atoms with Crippen LogP contribution in [0.15, 0.2) is 42.2 Å². The number of carbonyl (C=O) groups excluding carboxylic acids is 1. The lowest BCUT2D eigenvalue weighted by Crippen LogP contribution is -2.36. The molecule has 1 saturated carbocycles. The van der Waals surface area contributed by atoms with Gasteiger partial charge in [-0.05, 0) is 70.3 Å². The number of likely N-dealkylation sites (tertiary alicyclic amines) is 1. The smallest absolute Gasteiger partial charge is 0.227 e. The van der Waals surface area contributed by atoms with Crippen molar-refractivity contribution < 1.29 is 14.3 Å². The maximum Gasteiger partial charge on any atom is 0.227 e. The summed E-state index contributed by atoms with van der Waals surface area (Å²) < 4.78 is 11.8. The first kappa shape index (κ1) is 25.4. The highest BCUT2D eigenvalue weighted by atomic mass is 35.5. The van der Waals surface area contributed by atoms with Gasteiger partial charge < -0.3 is 25.0 Å². The Balaban J connectivity index is 1.60. The number of hydrogen-bond acceptors (Lipinski definition) is 5. The molecule has 1 heterocycles. The Hall–Kier alpha value is -2.18. The molecule has 1 aliphatic carbocycles. The van der Waals surface area contributed by atoms with Crippen LogP contribution >= 0.6 is 11.6 Å². The minimum atomic E-state index is -0.0302. The van der Waals surface area contributed by atoms with Crippen molar-refractivity contribution in [2.75, 3.05) is 40.4 Å². The van der Waals surface area contributed by atoms with Crippen LogP contribution in [0.5, 0.6) is 11.5 Å². The van der Waals surface area contributed by atoms with E-state index in [1.165, 1.54) is 0 Å². The summed E-state index contributed by atoms with van der Waals surface area (Å²) in [4.78, 5) is 15.5. The van der Waals surface area contributed by atoms with Crippen LogP contribution in [0.2, 0.25) is 5.02 Å². The second-order valence-electron chi connectivity index (χ2n) is 9.08. The number of benzene rings is 1. The third-order valence-corrected chi connectivity index (χ3v) is 6.89. The van der Waals surface area contributed by atoms with E-state index in [9.17, 15) is 4.79 Å². The van der Waals surface area contributed by atoms with Gasteiger partial charge in [0.2, 0.25) is 5.91 Å². The number of rotatable bonds is 10. The number of nitrogens with one attached hydrogen (secondary N) is 2. The molecule has 3 rings (SSSR count). The third-order valence-electron chi connectivity index (χ3n) is 6.65. The van der Waals surface area contributed by atoms with Crippen molar-refractivity contribution in [3.8, 4) is 11.5 Å². The van der Waals surface area contributed by atoms with E-state index < -0.39 is 0 Å². The number of carbonyl (C=O) groups is 1. The molecule has 0 bridgehead atoms. The van der Waals surface area contributed by atoms with Crippen LogP contribution in [0.1, 0.15) is 39.0 Å². The summed E-state index contributed by atoms with van der Waals surface area (Å²) in [5, 5.41) is 7.10. The molecule has 0 radical (unpaired) electrons. The van der Waals surface area contributed by atoms with E-state index in [4.69, 9.17) is 21.1 Å². The van der Waals surface area contributed by atoms with E-state index in [0.717, 1.165) is 56.6 Å². The average Bonchev–Trinajstić information content (AvgIpc) is 3.25. The Morgan fingerprint density at radius 2 is 2.06 bits per heavy atom. The molecule has 1 aromatic carbocycles. The zero-order valence-corrected chi connectivity index (χ0v) is 20.9. The van der Waals surface area contributed by atoms with E-state index in [2.05, 4.69) is 29.2 Å². The molecule has 1 saturated heterocycles. The molecule has 2 N–H and O–H groups in total. The zero-order valence-electron chi connectivity index (χ0n) is 20.2. The van der Waals surface area contributed by atoms with Crippen molar-refractivity contribution in [1.29, 1.82) is 0 Å². The first-order valence-corrected chi connectivity index (χ1v) is 12.4. The van der Waals surface area contributed by atoms with Crippen LogP contribution in [0.3, 0.4) is 0 Å². The fourth-order valence-electron chi connectivity index (χ4n) is 4.95. The number of allylic oxidation sites excluding steroid dienone is 1. The number of ether oxygens (including phenoxy) is 2. The van der Waals surface area contributed by atoms with Gasteiger partial charge in [-0.2, -0.15) is 0 Å². The quantitative estimate of drug-likeness (QED) is 0.484. The summed E-state index contributed by atoms with van der Waals surface area (Å²) in [6, 6.07) is 5.43. The number of nitrogens with zero attached hydrogens (tertiary/aromatic N) is 1. The maximum absolute atomic E-state index is 13.2. The lowest BCUT2D eigenvalue weighted by molar-refractivity contribution is -0.125. The van der Waals surface area contributed by atoms with Gasteiger partial charge in [-0.15, -0.1) is 0 Å². The predicted octanol–water partition coefficient (Wildman–Crippen LogP) is 4.61. The Bertz CT molecular complexity index is 857. The molecule has 1 aliphatic heterocycles. The van der Waals surface area contributed by atoms with Crippen molar-refractivity contribution >= 4 is 17.5 Å². The molecule has 182 valence electrons. The van der Waals surface area contributed by atoms with Crippen molar-refractivity contribution in [2.45, 2.75) is 39.0 Å². The van der Waals surface area contributed by atoms with Gasteiger partial charge in [-0.25, -0.2) is 0 Å². The van der Waals surface area contributed by atoms with E-state index in [1.54, 1.807) is 18.2 Å². The Labute approximate surface area is 203 Å². The molecule has 33 heavy (non-hydrogen) atoms. The molecule has 6 nitrogen and oxygen atoms in total. The van der Waals surface area contributed by atoms with Crippen molar-refractivity contribution in [1.82, 2.24) is 15.5 Å². The van der Waals surface area contributed by atoms with Crippen LogP contribution in [-0.4, -0.2) is 51.2 Å². The van der Waals surface area contributed by atoms with Gasteiger partial charge in [0.15, 0.2) is 11.5 Å². The number of halogens is 1. The van der Waals surface area contributed by atoms with Crippen LogP contribution in [0.25, 0.3) is 0 Å². The van der Waals surface area contributed by atoms with E-state index in [0.29, 0.717) is 41.6 Å². The minimum Gasteiger partial charge on any atom is -0.490 e. The lowest BCUT2D eigenvalue weighted by atomic mass is 9.81. The van der Waals surface area contributed by atoms with Crippen molar-refractivity contribution in [3.05, 3.63) is 47.3 Å². The van der Waals surface area contributed by atoms with Crippen LogP contribution in [0, 0.1) is 17.8 Å². The summed E-state index contributed by atoms with van der Waals surface area (Å²) in [7, 11) is 4.05. The van der Waals surface area contributed by atoms with E-state index in [1.807, 2.05) is 20.0 Å². The van der Waals surface area contributed by atoms with Gasteiger partial charge in [0.25, 0.3) is 0 Å². The molecular formula is C26H38ClN3O3. The highest BCUT2D eigenvalue weighted by molar-refractivity contribution is 6.30. The molecule has 7 heteroatoms. The normalized spacial score (nSPS) is 24.1. The fourth-order valence-corrected chi connectivity index (χ4v) is 5.11. The van der Waals surface area contributed by atoms with E-state index >= 15 is 0 Å². The fraction of sp³-hybridized carbons (Fsp3) is 0.577. The highest BCUT2D eigenvalue weighted by Crippen LogP contribution is 2.34. The van der Waals surface area contributed by atoms with Gasteiger partial charge in [0.1, 0.15) is 0 Å². The predicted molar refractivity (Wildman–Crippen MR) is 134 cm³/mol. The maximum atomic E-state index is 13.2. The number of amides is 1. The first-order chi connectivity index (χ1) is 15.9. The molecule has 2 fully saturated rings. The molecule has 2 aliphatic rings. The Morgan fingerprint density at radius 3 is 2.73 bits per heavy atom. The van der Waals surface area contributed by atoms with Gasteiger partial charge in [0, 0.05) is 42.2 Å². The SMILES string of the molecule is C=C/C(NC(=O)C1CCCC(COc2cc(Cl)ccc2OCC)C1)=C(\NC)C1CCN(C)C1. The Morgan fingerprint density at radius 1 is 1.24 bits per heavy atom. The van der Waals surface area contributed by atoms with Gasteiger partial charge >= 0.3 is 0 Å². The summed E-state index contributed by atoms with van der Waals surface area (Å²) in [5.41, 5.74) is 1.88. The van der Waals surface area contributed by atoms with Crippen LogP contribution < -0.4 is 20.1 Å². The zero-order chi connectivity index (χ0) is 23.8. The molecule has 3 unspecified atom stereocenters. The average molecular weight is 476 g/mol. The van der Waals surface area contributed by atoms with Crippen LogP contribution in [0.4, 0.5) is 0 Å². The molecule has 1 amide bonds. The minimum absolute atomic E-state index is 0.0302. The standard InChI is InChI=1S/C26H38ClN3O3/c1-5-22(25(28-3)20-12-13-30(4)16-20)29-26(31)19-9-7-8-18(14-19)17-33-24-15-21(27)10-11-23(24)32-6-2/h5,10-11,15,18-20,28H,1,6-9,12-14,16-17H2,2-4H3,(H,29,31)/b25-22+. The molecular weight excluding hydrogens is 438 g/mol.